The second-order valence-electron chi connectivity index (χ2n) is 9.12. The van der Waals surface area contributed by atoms with Gasteiger partial charge in [-0.2, -0.15) is 0 Å². The van der Waals surface area contributed by atoms with Gasteiger partial charge >= 0.3 is 5.97 Å². The zero-order chi connectivity index (χ0) is 20.4. The van der Waals surface area contributed by atoms with Gasteiger partial charge in [0.25, 0.3) is 0 Å². The van der Waals surface area contributed by atoms with Crippen LogP contribution in [0.15, 0.2) is 12.1 Å². The maximum absolute atomic E-state index is 13.1. The molecule has 1 fully saturated rings. The van der Waals surface area contributed by atoms with Crippen molar-refractivity contribution in [2.45, 2.75) is 77.7 Å². The first-order valence-corrected chi connectivity index (χ1v) is 9.55. The number of ether oxygens (including phenoxy) is 1. The van der Waals surface area contributed by atoms with E-state index in [1.54, 1.807) is 12.1 Å². The van der Waals surface area contributed by atoms with Crippen LogP contribution in [0, 0.1) is 5.41 Å². The summed E-state index contributed by atoms with van der Waals surface area (Å²) in [7, 11) is 0. The molecule has 1 N–H and O–H groups in total. The highest BCUT2D eigenvalue weighted by Gasteiger charge is 2.67. The first-order chi connectivity index (χ1) is 12.4. The number of carbonyl (C=O) groups excluding carboxylic acids is 3. The third-order valence-corrected chi connectivity index (χ3v) is 6.66. The molecule has 0 aliphatic heterocycles. The minimum atomic E-state index is -1.78. The molecule has 0 bridgehead atoms. The van der Waals surface area contributed by atoms with Gasteiger partial charge in [0.05, 0.1) is 0 Å². The molecule has 2 aliphatic carbocycles. The van der Waals surface area contributed by atoms with Gasteiger partial charge < -0.3 is 9.84 Å². The largest absolute Gasteiger partial charge is 0.426 e. The number of carbonyl (C=O) groups is 3. The first-order valence-electron chi connectivity index (χ1n) is 9.55. The lowest BCUT2D eigenvalue weighted by atomic mass is 9.46. The molecule has 0 spiro atoms. The molecule has 0 radical (unpaired) electrons. The predicted octanol–water partition coefficient (Wildman–Crippen LogP) is 3.70. The van der Waals surface area contributed by atoms with E-state index in [9.17, 15) is 19.5 Å². The van der Waals surface area contributed by atoms with Gasteiger partial charge in [-0.15, -0.1) is 0 Å². The van der Waals surface area contributed by atoms with Gasteiger partial charge in [0.1, 0.15) is 11.4 Å². The monoisotopic (exact) mass is 372 g/mol. The van der Waals surface area contributed by atoms with E-state index >= 15 is 0 Å². The lowest BCUT2D eigenvalue weighted by molar-refractivity contribution is -0.172. The fourth-order valence-corrected chi connectivity index (χ4v) is 5.10. The van der Waals surface area contributed by atoms with Gasteiger partial charge in [-0.1, -0.05) is 41.0 Å². The van der Waals surface area contributed by atoms with E-state index in [0.717, 1.165) is 6.42 Å². The Morgan fingerprint density at radius 1 is 1.15 bits per heavy atom. The SMILES string of the molecule is CC(=O)Oc1cc2c(cc1C(C)C)C(=O)C(=O)[C@@]1(O)C(C)(C)CCC[C@]21C. The number of hydrogen-bond donors (Lipinski definition) is 1. The first kappa shape index (κ1) is 19.7. The summed E-state index contributed by atoms with van der Waals surface area (Å²) in [6.45, 7) is 10.7. The Hall–Kier alpha value is -2.01. The van der Waals surface area contributed by atoms with E-state index < -0.39 is 34.0 Å². The highest BCUT2D eigenvalue weighted by atomic mass is 16.5. The van der Waals surface area contributed by atoms with Crippen molar-refractivity contribution >= 4 is 17.5 Å². The summed E-state index contributed by atoms with van der Waals surface area (Å²) >= 11 is 0. The number of esters is 1. The molecule has 146 valence electrons. The van der Waals surface area contributed by atoms with E-state index in [2.05, 4.69) is 0 Å². The number of aliphatic hydroxyl groups is 1. The van der Waals surface area contributed by atoms with Gasteiger partial charge in [0.15, 0.2) is 0 Å². The van der Waals surface area contributed by atoms with Gasteiger partial charge in [-0.25, -0.2) is 0 Å². The Bertz CT molecular complexity index is 851. The molecular weight excluding hydrogens is 344 g/mol. The normalized spacial score (nSPS) is 29.3. The summed E-state index contributed by atoms with van der Waals surface area (Å²) in [5, 5.41) is 11.6. The van der Waals surface area contributed by atoms with E-state index in [-0.39, 0.29) is 5.92 Å². The molecule has 2 atom stereocenters. The van der Waals surface area contributed by atoms with Crippen molar-refractivity contribution in [3.63, 3.8) is 0 Å². The molecule has 0 saturated heterocycles. The Morgan fingerprint density at radius 3 is 2.33 bits per heavy atom. The molecule has 0 heterocycles. The second-order valence-corrected chi connectivity index (χ2v) is 9.12. The Balaban J connectivity index is 2.35. The van der Waals surface area contributed by atoms with Gasteiger partial charge in [-0.3, -0.25) is 14.4 Å². The van der Waals surface area contributed by atoms with Crippen molar-refractivity contribution in [1.29, 1.82) is 0 Å². The maximum Gasteiger partial charge on any atom is 0.308 e. The Kier molecular flexibility index (Phi) is 4.38. The van der Waals surface area contributed by atoms with Gasteiger partial charge in [0, 0.05) is 23.3 Å². The molecule has 27 heavy (non-hydrogen) atoms. The molecule has 5 heteroatoms. The van der Waals surface area contributed by atoms with E-state index in [1.807, 2.05) is 34.6 Å². The Labute approximate surface area is 160 Å². The summed E-state index contributed by atoms with van der Waals surface area (Å²) in [5.74, 6) is -1.43. The average Bonchev–Trinajstić information content (AvgIpc) is 2.56. The third kappa shape index (κ3) is 2.51. The summed E-state index contributed by atoms with van der Waals surface area (Å²) in [6, 6.07) is 3.37. The van der Waals surface area contributed by atoms with Crippen LogP contribution in [-0.4, -0.2) is 28.2 Å². The van der Waals surface area contributed by atoms with Crippen LogP contribution in [-0.2, 0) is 15.0 Å². The van der Waals surface area contributed by atoms with Crippen LogP contribution in [0.4, 0.5) is 0 Å². The van der Waals surface area contributed by atoms with Gasteiger partial charge in [0.2, 0.25) is 11.6 Å². The second kappa shape index (κ2) is 5.99. The van der Waals surface area contributed by atoms with Crippen molar-refractivity contribution in [2.75, 3.05) is 0 Å². The smallest absolute Gasteiger partial charge is 0.308 e. The highest BCUT2D eigenvalue weighted by molar-refractivity contribution is 6.48. The molecule has 1 aromatic carbocycles. The topological polar surface area (TPSA) is 80.7 Å². The van der Waals surface area contributed by atoms with Crippen LogP contribution in [0.2, 0.25) is 0 Å². The van der Waals surface area contributed by atoms with E-state index in [4.69, 9.17) is 4.74 Å². The lowest BCUT2D eigenvalue weighted by Crippen LogP contribution is -2.69. The number of hydrogen-bond acceptors (Lipinski definition) is 5. The van der Waals surface area contributed by atoms with Crippen molar-refractivity contribution in [3.05, 3.63) is 28.8 Å². The fraction of sp³-hybridized carbons (Fsp3) is 0.591. The number of rotatable bonds is 2. The van der Waals surface area contributed by atoms with Crippen LogP contribution >= 0.6 is 0 Å². The maximum atomic E-state index is 13.1. The summed E-state index contributed by atoms with van der Waals surface area (Å²) < 4.78 is 5.43. The number of benzene rings is 1. The zero-order valence-electron chi connectivity index (χ0n) is 16.9. The molecule has 1 saturated carbocycles. The number of fused-ring (bicyclic) bond motifs is 3. The van der Waals surface area contributed by atoms with Crippen LogP contribution in [0.5, 0.6) is 5.75 Å². The van der Waals surface area contributed by atoms with Crippen LogP contribution in [0.3, 0.4) is 0 Å². The zero-order valence-corrected chi connectivity index (χ0v) is 16.9. The van der Waals surface area contributed by atoms with Crippen molar-refractivity contribution < 1.29 is 24.2 Å². The predicted molar refractivity (Wildman–Crippen MR) is 101 cm³/mol. The molecule has 2 aliphatic rings. The molecule has 0 unspecified atom stereocenters. The van der Waals surface area contributed by atoms with Crippen LogP contribution in [0.1, 0.15) is 88.2 Å². The summed E-state index contributed by atoms with van der Waals surface area (Å²) in [5.41, 5.74) is -1.81. The molecular formula is C22H28O5. The van der Waals surface area contributed by atoms with Crippen LogP contribution < -0.4 is 4.74 Å². The molecule has 0 aromatic heterocycles. The van der Waals surface area contributed by atoms with Crippen molar-refractivity contribution in [2.24, 2.45) is 5.41 Å². The molecule has 0 amide bonds. The lowest BCUT2D eigenvalue weighted by Gasteiger charge is -2.58. The highest BCUT2D eigenvalue weighted by Crippen LogP contribution is 2.59. The molecule has 5 nitrogen and oxygen atoms in total. The minimum Gasteiger partial charge on any atom is -0.426 e. The van der Waals surface area contributed by atoms with Crippen LogP contribution in [0.25, 0.3) is 0 Å². The average molecular weight is 372 g/mol. The number of Topliss-reactive ketones (excluding diaryl/α,β-unsaturated/α-hetero) is 2. The molecule has 1 aromatic rings. The van der Waals surface area contributed by atoms with Crippen molar-refractivity contribution in [3.8, 4) is 5.75 Å². The molecule has 3 rings (SSSR count). The standard InChI is InChI=1S/C22H28O5/c1-12(2)14-10-15-16(11-17(14)27-13(3)23)21(6)9-7-8-20(4,5)22(21,26)19(25)18(15)24/h10-12,26H,7-9H2,1-6H3/t21-,22-/m1/s1. The summed E-state index contributed by atoms with van der Waals surface area (Å²) in [6.07, 6.45) is 2.08. The minimum absolute atomic E-state index is 0.00367. The number of ketones is 2. The van der Waals surface area contributed by atoms with E-state index in [0.29, 0.717) is 35.3 Å². The summed E-state index contributed by atoms with van der Waals surface area (Å²) in [4.78, 5) is 37.7. The Morgan fingerprint density at radius 2 is 1.78 bits per heavy atom. The van der Waals surface area contributed by atoms with Crippen molar-refractivity contribution in [1.82, 2.24) is 0 Å². The van der Waals surface area contributed by atoms with E-state index in [1.165, 1.54) is 6.92 Å². The quantitative estimate of drug-likeness (QED) is 0.486. The third-order valence-electron chi connectivity index (χ3n) is 6.66. The van der Waals surface area contributed by atoms with Gasteiger partial charge in [-0.05, 0) is 42.0 Å². The fourth-order valence-electron chi connectivity index (χ4n) is 5.10.